The lowest BCUT2D eigenvalue weighted by Gasteiger charge is -2.31. The van der Waals surface area contributed by atoms with Crippen LogP contribution in [-0.4, -0.2) is 42.0 Å². The molecule has 118 valence electrons. The smallest absolute Gasteiger partial charge is 0.222 e. The number of hydrogen-bond donors (Lipinski definition) is 1. The van der Waals surface area contributed by atoms with Crippen molar-refractivity contribution in [2.24, 2.45) is 0 Å². The average Bonchev–Trinajstić information content (AvgIpc) is 2.97. The molecule has 2 aromatic rings. The summed E-state index contributed by atoms with van der Waals surface area (Å²) in [5.41, 5.74) is 1.07. The van der Waals surface area contributed by atoms with Crippen molar-refractivity contribution in [3.8, 4) is 0 Å². The van der Waals surface area contributed by atoms with Crippen LogP contribution in [0, 0.1) is 0 Å². The van der Waals surface area contributed by atoms with Gasteiger partial charge < -0.3 is 10.2 Å². The molecule has 1 aliphatic rings. The summed E-state index contributed by atoms with van der Waals surface area (Å²) >= 11 is 1.74. The van der Waals surface area contributed by atoms with E-state index in [4.69, 9.17) is 0 Å². The molecule has 0 spiro atoms. The van der Waals surface area contributed by atoms with E-state index in [-0.39, 0.29) is 5.91 Å². The molecule has 1 aliphatic heterocycles. The van der Waals surface area contributed by atoms with Gasteiger partial charge in [0.2, 0.25) is 5.91 Å². The second-order valence-corrected chi connectivity index (χ2v) is 7.03. The second-order valence-electron chi connectivity index (χ2n) is 5.91. The van der Waals surface area contributed by atoms with Crippen LogP contribution in [0.1, 0.15) is 30.7 Å². The van der Waals surface area contributed by atoms with Gasteiger partial charge in [-0.2, -0.15) is 0 Å². The molecule has 3 rings (SSSR count). The first-order chi connectivity index (χ1) is 10.7. The van der Waals surface area contributed by atoms with Gasteiger partial charge in [0.1, 0.15) is 0 Å². The third kappa shape index (κ3) is 3.65. The lowest BCUT2D eigenvalue weighted by Crippen LogP contribution is -2.43. The van der Waals surface area contributed by atoms with Gasteiger partial charge in [-0.1, -0.05) is 12.1 Å². The standard InChI is InChI=1S/C17H23N3OS/c1-20(13-9-11-18-12-10-13)17(21)8-4-7-16-19-14-5-2-3-6-15(14)22-16/h2-3,5-6,13,18H,4,7-12H2,1H3. The maximum Gasteiger partial charge on any atom is 0.222 e. The fourth-order valence-electron chi connectivity index (χ4n) is 2.99. The molecule has 1 amide bonds. The number of hydrogen-bond acceptors (Lipinski definition) is 4. The zero-order valence-corrected chi connectivity index (χ0v) is 13.9. The van der Waals surface area contributed by atoms with Gasteiger partial charge in [-0.3, -0.25) is 4.79 Å². The first kappa shape index (κ1) is 15.4. The third-order valence-corrected chi connectivity index (χ3v) is 5.47. The zero-order valence-electron chi connectivity index (χ0n) is 13.0. The highest BCUT2D eigenvalue weighted by Gasteiger charge is 2.21. The summed E-state index contributed by atoms with van der Waals surface area (Å²) in [6.07, 6.45) is 4.54. The van der Waals surface area contributed by atoms with E-state index in [0.29, 0.717) is 12.5 Å². The summed E-state index contributed by atoms with van der Waals surface area (Å²) < 4.78 is 1.23. The Morgan fingerprint density at radius 3 is 2.91 bits per heavy atom. The molecule has 22 heavy (non-hydrogen) atoms. The quantitative estimate of drug-likeness (QED) is 0.922. The van der Waals surface area contributed by atoms with Gasteiger partial charge in [0.05, 0.1) is 15.2 Å². The van der Waals surface area contributed by atoms with Crippen molar-refractivity contribution in [1.82, 2.24) is 15.2 Å². The van der Waals surface area contributed by atoms with E-state index in [0.717, 1.165) is 49.3 Å². The summed E-state index contributed by atoms with van der Waals surface area (Å²) in [6, 6.07) is 8.62. The van der Waals surface area contributed by atoms with E-state index >= 15 is 0 Å². The van der Waals surface area contributed by atoms with Crippen LogP contribution in [0.25, 0.3) is 10.2 Å². The predicted molar refractivity (Wildman–Crippen MR) is 91.2 cm³/mol. The molecule has 0 aliphatic carbocycles. The number of fused-ring (bicyclic) bond motifs is 1. The van der Waals surface area contributed by atoms with Gasteiger partial charge in [0, 0.05) is 19.5 Å². The minimum atomic E-state index is 0.271. The molecular weight excluding hydrogens is 294 g/mol. The average molecular weight is 317 g/mol. The highest BCUT2D eigenvalue weighted by molar-refractivity contribution is 7.18. The number of nitrogens with one attached hydrogen (secondary N) is 1. The molecule has 2 heterocycles. The number of aromatic nitrogens is 1. The van der Waals surface area contributed by atoms with Gasteiger partial charge in [-0.25, -0.2) is 4.98 Å². The second kappa shape index (κ2) is 7.20. The Morgan fingerprint density at radius 1 is 1.36 bits per heavy atom. The van der Waals surface area contributed by atoms with Gasteiger partial charge in [-0.05, 0) is 50.9 Å². The van der Waals surface area contributed by atoms with E-state index in [2.05, 4.69) is 16.4 Å². The van der Waals surface area contributed by atoms with Crippen LogP contribution in [0.3, 0.4) is 0 Å². The number of thiazole rings is 1. The van der Waals surface area contributed by atoms with Gasteiger partial charge >= 0.3 is 0 Å². The van der Waals surface area contributed by atoms with Gasteiger partial charge in [0.25, 0.3) is 0 Å². The van der Waals surface area contributed by atoms with Crippen LogP contribution in [0.5, 0.6) is 0 Å². The Morgan fingerprint density at radius 2 is 2.14 bits per heavy atom. The van der Waals surface area contributed by atoms with Crippen LogP contribution in [0.2, 0.25) is 0 Å². The molecule has 0 saturated carbocycles. The number of amides is 1. The Bertz CT molecular complexity index is 601. The topological polar surface area (TPSA) is 45.2 Å². The maximum atomic E-state index is 12.3. The molecule has 1 aromatic carbocycles. The molecule has 1 aromatic heterocycles. The van der Waals surface area contributed by atoms with Crippen LogP contribution < -0.4 is 5.32 Å². The Hall–Kier alpha value is -1.46. The molecule has 1 saturated heterocycles. The van der Waals surface area contributed by atoms with Crippen molar-refractivity contribution in [3.05, 3.63) is 29.3 Å². The molecule has 4 nitrogen and oxygen atoms in total. The normalized spacial score (nSPS) is 16.0. The van der Waals surface area contributed by atoms with Crippen molar-refractivity contribution in [1.29, 1.82) is 0 Å². The third-order valence-electron chi connectivity index (χ3n) is 4.37. The molecule has 0 bridgehead atoms. The van der Waals surface area contributed by atoms with E-state index in [9.17, 15) is 4.79 Å². The summed E-state index contributed by atoms with van der Waals surface area (Å²) in [7, 11) is 1.95. The maximum absolute atomic E-state index is 12.3. The number of rotatable bonds is 5. The van der Waals surface area contributed by atoms with Gasteiger partial charge in [-0.15, -0.1) is 11.3 Å². The number of nitrogens with zero attached hydrogens (tertiary/aromatic N) is 2. The fraction of sp³-hybridized carbons (Fsp3) is 0.529. The van der Waals surface area contributed by atoms with Crippen LogP contribution in [0.4, 0.5) is 0 Å². The lowest BCUT2D eigenvalue weighted by atomic mass is 10.0. The molecule has 0 unspecified atom stereocenters. The van der Waals surface area contributed by atoms with Crippen LogP contribution >= 0.6 is 11.3 Å². The summed E-state index contributed by atoms with van der Waals surface area (Å²) in [4.78, 5) is 18.9. The molecule has 5 heteroatoms. The SMILES string of the molecule is CN(C(=O)CCCc1nc2ccccc2s1)C1CCNCC1. The van der Waals surface area contributed by atoms with Crippen LogP contribution in [0.15, 0.2) is 24.3 Å². The molecule has 1 N–H and O–H groups in total. The number of aryl methyl sites for hydroxylation is 1. The van der Waals surface area contributed by atoms with E-state index in [1.807, 2.05) is 30.1 Å². The van der Waals surface area contributed by atoms with Crippen molar-refractivity contribution in [2.75, 3.05) is 20.1 Å². The Balaban J connectivity index is 1.48. The minimum absolute atomic E-state index is 0.271. The van der Waals surface area contributed by atoms with E-state index in [1.165, 1.54) is 4.70 Å². The van der Waals surface area contributed by atoms with E-state index < -0.39 is 0 Å². The minimum Gasteiger partial charge on any atom is -0.343 e. The number of para-hydroxylation sites is 1. The van der Waals surface area contributed by atoms with E-state index in [1.54, 1.807) is 11.3 Å². The summed E-state index contributed by atoms with van der Waals surface area (Å²) in [5, 5.41) is 4.48. The predicted octanol–water partition coefficient (Wildman–Crippen LogP) is 2.83. The monoisotopic (exact) mass is 317 g/mol. The lowest BCUT2D eigenvalue weighted by molar-refractivity contribution is -0.132. The highest BCUT2D eigenvalue weighted by atomic mass is 32.1. The van der Waals surface area contributed by atoms with Crippen molar-refractivity contribution < 1.29 is 4.79 Å². The van der Waals surface area contributed by atoms with Gasteiger partial charge in [0.15, 0.2) is 0 Å². The van der Waals surface area contributed by atoms with Crippen molar-refractivity contribution in [3.63, 3.8) is 0 Å². The van der Waals surface area contributed by atoms with Crippen molar-refractivity contribution in [2.45, 2.75) is 38.1 Å². The molecule has 0 radical (unpaired) electrons. The molecule has 1 fully saturated rings. The summed E-state index contributed by atoms with van der Waals surface area (Å²) in [5.74, 6) is 0.271. The highest BCUT2D eigenvalue weighted by Crippen LogP contribution is 2.23. The first-order valence-corrected chi connectivity index (χ1v) is 8.86. The molecule has 0 atom stereocenters. The summed E-state index contributed by atoms with van der Waals surface area (Å²) in [6.45, 7) is 2.04. The van der Waals surface area contributed by atoms with Crippen molar-refractivity contribution >= 4 is 27.5 Å². The largest absolute Gasteiger partial charge is 0.343 e. The Labute approximate surface area is 135 Å². The van der Waals surface area contributed by atoms with Crippen LogP contribution in [-0.2, 0) is 11.2 Å². The fourth-order valence-corrected chi connectivity index (χ4v) is 4.00. The number of carbonyl (C=O) groups is 1. The number of piperidine rings is 1. The number of carbonyl (C=O) groups excluding carboxylic acids is 1. The Kier molecular flexibility index (Phi) is 5.05. The molecular formula is C17H23N3OS. The first-order valence-electron chi connectivity index (χ1n) is 8.05. The zero-order chi connectivity index (χ0) is 15.4. The number of benzene rings is 1.